The van der Waals surface area contributed by atoms with Crippen LogP contribution in [0.5, 0.6) is 0 Å². The maximum Gasteiger partial charge on any atom is 0.137 e. The fourth-order valence-corrected chi connectivity index (χ4v) is 1.83. The lowest BCUT2D eigenvalue weighted by Gasteiger charge is -2.02. The molecule has 60 valence electrons. The molecule has 0 aliphatic rings. The fraction of sp³-hybridized carbons (Fsp3) is 0.250. The summed E-state index contributed by atoms with van der Waals surface area (Å²) in [7, 11) is 0. The maximum atomic E-state index is 12.8. The van der Waals surface area contributed by atoms with Crippen molar-refractivity contribution < 1.29 is 4.39 Å². The Morgan fingerprint density at radius 2 is 2.09 bits per heavy atom. The zero-order chi connectivity index (χ0) is 8.43. The first-order valence-corrected chi connectivity index (χ1v) is 5.07. The fourth-order valence-electron chi connectivity index (χ4n) is 0.831. The monoisotopic (exact) mass is 280 g/mol. The van der Waals surface area contributed by atoms with Crippen LogP contribution in [0.3, 0.4) is 0 Å². The third kappa shape index (κ3) is 2.03. The minimum Gasteiger partial charge on any atom is -0.206 e. The highest BCUT2D eigenvalue weighted by molar-refractivity contribution is 9.10. The lowest BCUT2D eigenvalue weighted by Crippen LogP contribution is -1.87. The van der Waals surface area contributed by atoms with Gasteiger partial charge in [-0.15, -0.1) is 0 Å². The van der Waals surface area contributed by atoms with E-state index in [0.29, 0.717) is 4.47 Å². The average molecular weight is 282 g/mol. The molecule has 1 rings (SSSR count). The van der Waals surface area contributed by atoms with Gasteiger partial charge in [-0.3, -0.25) is 0 Å². The molecule has 11 heavy (non-hydrogen) atoms. The molecule has 0 bridgehead atoms. The first-order chi connectivity index (χ1) is 5.15. The van der Waals surface area contributed by atoms with E-state index in [1.165, 1.54) is 6.07 Å². The molecule has 0 N–H and O–H groups in total. The molecule has 0 nitrogen and oxygen atoms in total. The van der Waals surface area contributed by atoms with E-state index in [-0.39, 0.29) is 5.82 Å². The molecule has 0 unspecified atom stereocenters. The Morgan fingerprint density at radius 1 is 1.45 bits per heavy atom. The summed E-state index contributed by atoms with van der Waals surface area (Å²) in [5, 5.41) is 0.762. The number of benzene rings is 1. The number of aryl methyl sites for hydroxylation is 1. The predicted octanol–water partition coefficient (Wildman–Crippen LogP) is 3.79. The molecule has 0 amide bonds. The molecule has 0 fully saturated rings. The molecule has 0 heterocycles. The smallest absolute Gasteiger partial charge is 0.137 e. The summed E-state index contributed by atoms with van der Waals surface area (Å²) in [5.41, 5.74) is 2.08. The van der Waals surface area contributed by atoms with Gasteiger partial charge in [0.1, 0.15) is 5.82 Å². The van der Waals surface area contributed by atoms with Crippen molar-refractivity contribution in [2.45, 2.75) is 12.3 Å². The number of hydrogen-bond donors (Lipinski definition) is 0. The molecule has 0 atom stereocenters. The summed E-state index contributed by atoms with van der Waals surface area (Å²) in [6, 6.07) is 3.32. The maximum absolute atomic E-state index is 12.8. The summed E-state index contributed by atoms with van der Waals surface area (Å²) in [4.78, 5) is 0. The second-order valence-corrected chi connectivity index (χ2v) is 3.74. The van der Waals surface area contributed by atoms with Crippen molar-refractivity contribution in [1.29, 1.82) is 0 Å². The molecule has 0 aliphatic heterocycles. The lowest BCUT2D eigenvalue weighted by molar-refractivity contribution is 0.619. The van der Waals surface area contributed by atoms with Crippen molar-refractivity contribution >= 4 is 31.9 Å². The van der Waals surface area contributed by atoms with Gasteiger partial charge >= 0.3 is 0 Å². The van der Waals surface area contributed by atoms with Crippen LogP contribution in [-0.4, -0.2) is 0 Å². The predicted molar refractivity (Wildman–Crippen MR) is 51.5 cm³/mol. The Labute approximate surface area is 82.1 Å². The van der Waals surface area contributed by atoms with Crippen LogP contribution in [0.1, 0.15) is 11.1 Å². The number of halogens is 3. The zero-order valence-electron chi connectivity index (χ0n) is 6.00. The van der Waals surface area contributed by atoms with E-state index in [1.54, 1.807) is 6.07 Å². The van der Waals surface area contributed by atoms with Gasteiger partial charge in [-0.05, 0) is 46.1 Å². The first-order valence-electron chi connectivity index (χ1n) is 3.15. The molecule has 1 aromatic carbocycles. The van der Waals surface area contributed by atoms with Crippen molar-refractivity contribution in [3.8, 4) is 0 Å². The van der Waals surface area contributed by atoms with Crippen LogP contribution in [0.25, 0.3) is 0 Å². The average Bonchev–Trinajstić information content (AvgIpc) is 1.97. The molecule has 0 spiro atoms. The lowest BCUT2D eigenvalue weighted by atomic mass is 10.1. The van der Waals surface area contributed by atoms with Crippen LogP contribution < -0.4 is 0 Å². The topological polar surface area (TPSA) is 0 Å². The van der Waals surface area contributed by atoms with Gasteiger partial charge in [-0.1, -0.05) is 15.9 Å². The standard InChI is InChI=1S/C8H7Br2F/c1-5-2-8(11)7(10)3-6(5)4-9/h2-3H,4H2,1H3. The largest absolute Gasteiger partial charge is 0.206 e. The first kappa shape index (κ1) is 9.20. The normalized spacial score (nSPS) is 10.2. The van der Waals surface area contributed by atoms with Crippen molar-refractivity contribution in [3.05, 3.63) is 33.5 Å². The van der Waals surface area contributed by atoms with E-state index in [4.69, 9.17) is 0 Å². The molecule has 0 radical (unpaired) electrons. The van der Waals surface area contributed by atoms with Gasteiger partial charge in [0.15, 0.2) is 0 Å². The van der Waals surface area contributed by atoms with Crippen molar-refractivity contribution in [3.63, 3.8) is 0 Å². The Kier molecular flexibility index (Phi) is 3.07. The highest BCUT2D eigenvalue weighted by Gasteiger charge is 2.02. The second-order valence-electron chi connectivity index (χ2n) is 2.33. The molecule has 0 aliphatic carbocycles. The van der Waals surface area contributed by atoms with E-state index in [9.17, 15) is 4.39 Å². The van der Waals surface area contributed by atoms with E-state index in [1.807, 2.05) is 6.92 Å². The number of alkyl halides is 1. The molecular weight excluding hydrogens is 275 g/mol. The molecule has 0 aromatic heterocycles. The SMILES string of the molecule is Cc1cc(F)c(Br)cc1CBr. The van der Waals surface area contributed by atoms with Crippen LogP contribution in [0, 0.1) is 12.7 Å². The van der Waals surface area contributed by atoms with Gasteiger partial charge in [0.05, 0.1) is 4.47 Å². The van der Waals surface area contributed by atoms with Gasteiger partial charge < -0.3 is 0 Å². The number of rotatable bonds is 1. The van der Waals surface area contributed by atoms with Gasteiger partial charge in [-0.2, -0.15) is 0 Å². The molecule has 0 saturated carbocycles. The highest BCUT2D eigenvalue weighted by Crippen LogP contribution is 2.21. The van der Waals surface area contributed by atoms with E-state index in [0.717, 1.165) is 16.5 Å². The second kappa shape index (κ2) is 3.68. The Hall–Kier alpha value is 0.110. The van der Waals surface area contributed by atoms with E-state index < -0.39 is 0 Å². The van der Waals surface area contributed by atoms with Crippen molar-refractivity contribution in [1.82, 2.24) is 0 Å². The van der Waals surface area contributed by atoms with Crippen LogP contribution in [0.4, 0.5) is 4.39 Å². The molecule has 0 saturated heterocycles. The van der Waals surface area contributed by atoms with Crippen LogP contribution in [0.2, 0.25) is 0 Å². The quantitative estimate of drug-likeness (QED) is 0.687. The summed E-state index contributed by atoms with van der Waals surface area (Å²) < 4.78 is 13.4. The molecule has 3 heteroatoms. The van der Waals surface area contributed by atoms with Gasteiger partial charge in [-0.25, -0.2) is 4.39 Å². The molecular formula is C8H7Br2F. The van der Waals surface area contributed by atoms with Crippen molar-refractivity contribution in [2.24, 2.45) is 0 Å². The summed E-state index contributed by atoms with van der Waals surface area (Å²) in [5.74, 6) is -0.202. The summed E-state index contributed by atoms with van der Waals surface area (Å²) >= 11 is 6.45. The van der Waals surface area contributed by atoms with Gasteiger partial charge in [0, 0.05) is 5.33 Å². The molecule has 1 aromatic rings. The van der Waals surface area contributed by atoms with Gasteiger partial charge in [0.25, 0.3) is 0 Å². The summed E-state index contributed by atoms with van der Waals surface area (Å²) in [6.45, 7) is 1.89. The van der Waals surface area contributed by atoms with Crippen LogP contribution >= 0.6 is 31.9 Å². The van der Waals surface area contributed by atoms with Crippen LogP contribution in [0.15, 0.2) is 16.6 Å². The minimum absolute atomic E-state index is 0.202. The minimum atomic E-state index is -0.202. The van der Waals surface area contributed by atoms with Crippen molar-refractivity contribution in [2.75, 3.05) is 0 Å². The van der Waals surface area contributed by atoms with E-state index in [2.05, 4.69) is 31.9 Å². The number of hydrogen-bond acceptors (Lipinski definition) is 0. The Bertz CT molecular complexity index is 271. The zero-order valence-corrected chi connectivity index (χ0v) is 9.17. The highest BCUT2D eigenvalue weighted by atomic mass is 79.9. The van der Waals surface area contributed by atoms with E-state index >= 15 is 0 Å². The third-order valence-electron chi connectivity index (χ3n) is 1.52. The van der Waals surface area contributed by atoms with Crippen LogP contribution in [-0.2, 0) is 5.33 Å². The Morgan fingerprint density at radius 3 is 2.64 bits per heavy atom. The Balaban J connectivity index is 3.21. The third-order valence-corrected chi connectivity index (χ3v) is 2.73. The van der Waals surface area contributed by atoms with Gasteiger partial charge in [0.2, 0.25) is 0 Å². The summed E-state index contributed by atoms with van der Waals surface area (Å²) in [6.07, 6.45) is 0.